The van der Waals surface area contributed by atoms with Crippen LogP contribution in [0.1, 0.15) is 26.3 Å². The summed E-state index contributed by atoms with van der Waals surface area (Å²) in [7, 11) is 0. The highest BCUT2D eigenvalue weighted by Crippen LogP contribution is 2.33. The molecular formula is C10H16N2O. The monoisotopic (exact) mass is 180 g/mol. The van der Waals surface area contributed by atoms with Gasteiger partial charge in [-0.05, 0) is 23.1 Å². The summed E-state index contributed by atoms with van der Waals surface area (Å²) in [5.41, 5.74) is 12.9. The van der Waals surface area contributed by atoms with Crippen molar-refractivity contribution in [2.75, 3.05) is 11.5 Å². The molecule has 0 aliphatic carbocycles. The summed E-state index contributed by atoms with van der Waals surface area (Å²) in [6.07, 6.45) is 0. The molecule has 1 rings (SSSR count). The molecule has 1 aromatic rings. The molecule has 0 bridgehead atoms. The van der Waals surface area contributed by atoms with Crippen LogP contribution in [0.2, 0.25) is 0 Å². The maximum absolute atomic E-state index is 9.35. The molecule has 72 valence electrons. The average Bonchev–Trinajstić information content (AvgIpc) is 1.97. The van der Waals surface area contributed by atoms with E-state index >= 15 is 0 Å². The molecule has 0 saturated carbocycles. The maximum Gasteiger partial charge on any atom is 0.161 e. The molecule has 0 atom stereocenters. The van der Waals surface area contributed by atoms with E-state index in [1.54, 1.807) is 12.1 Å². The lowest BCUT2D eigenvalue weighted by Gasteiger charge is -2.20. The van der Waals surface area contributed by atoms with Crippen molar-refractivity contribution >= 4 is 11.4 Å². The fourth-order valence-electron chi connectivity index (χ4n) is 1.11. The van der Waals surface area contributed by atoms with E-state index in [1.807, 2.05) is 0 Å². The summed E-state index contributed by atoms with van der Waals surface area (Å²) in [6.45, 7) is 6.20. The van der Waals surface area contributed by atoms with Gasteiger partial charge in [-0.25, -0.2) is 0 Å². The van der Waals surface area contributed by atoms with Crippen LogP contribution in [-0.2, 0) is 5.41 Å². The number of anilines is 2. The van der Waals surface area contributed by atoms with Gasteiger partial charge in [-0.2, -0.15) is 0 Å². The van der Waals surface area contributed by atoms with Crippen LogP contribution in [0.4, 0.5) is 11.4 Å². The minimum Gasteiger partial charge on any atom is -0.504 e. The zero-order valence-electron chi connectivity index (χ0n) is 8.26. The molecule has 0 spiro atoms. The SMILES string of the molecule is CC(C)(C)c1cc(N)c(O)c(N)c1. The van der Waals surface area contributed by atoms with Crippen LogP contribution in [0.25, 0.3) is 0 Å². The molecule has 0 heterocycles. The number of phenolic OH excluding ortho intramolecular Hbond substituents is 1. The number of phenols is 1. The predicted octanol–water partition coefficient (Wildman–Crippen LogP) is 1.85. The Morgan fingerprint density at radius 1 is 1.08 bits per heavy atom. The van der Waals surface area contributed by atoms with E-state index in [0.29, 0.717) is 11.4 Å². The lowest BCUT2D eigenvalue weighted by Crippen LogP contribution is -2.12. The fourth-order valence-corrected chi connectivity index (χ4v) is 1.11. The number of hydrogen-bond donors (Lipinski definition) is 3. The standard InChI is InChI=1S/C10H16N2O/c1-10(2,3)6-4-7(11)9(13)8(12)5-6/h4-5,13H,11-12H2,1-3H3. The van der Waals surface area contributed by atoms with E-state index in [4.69, 9.17) is 11.5 Å². The summed E-state index contributed by atoms with van der Waals surface area (Å²) >= 11 is 0. The summed E-state index contributed by atoms with van der Waals surface area (Å²) < 4.78 is 0. The lowest BCUT2D eigenvalue weighted by molar-refractivity contribution is 0.479. The molecule has 0 fully saturated rings. The second-order valence-corrected chi connectivity index (χ2v) is 4.25. The first-order valence-electron chi connectivity index (χ1n) is 4.21. The van der Waals surface area contributed by atoms with Crippen LogP contribution in [0.3, 0.4) is 0 Å². The lowest BCUT2D eigenvalue weighted by atomic mass is 9.86. The average molecular weight is 180 g/mol. The van der Waals surface area contributed by atoms with Gasteiger partial charge in [0, 0.05) is 0 Å². The third-order valence-corrected chi connectivity index (χ3v) is 2.03. The second-order valence-electron chi connectivity index (χ2n) is 4.25. The number of benzene rings is 1. The highest BCUT2D eigenvalue weighted by molar-refractivity contribution is 5.68. The van der Waals surface area contributed by atoms with E-state index in [0.717, 1.165) is 5.56 Å². The molecule has 3 nitrogen and oxygen atoms in total. The zero-order chi connectivity index (χ0) is 10.2. The highest BCUT2D eigenvalue weighted by atomic mass is 16.3. The Labute approximate surface area is 78.4 Å². The van der Waals surface area contributed by atoms with E-state index < -0.39 is 0 Å². The van der Waals surface area contributed by atoms with Crippen LogP contribution in [0.15, 0.2) is 12.1 Å². The molecule has 5 N–H and O–H groups in total. The first-order valence-corrected chi connectivity index (χ1v) is 4.21. The Morgan fingerprint density at radius 2 is 1.46 bits per heavy atom. The Balaban J connectivity index is 3.29. The normalized spacial score (nSPS) is 11.6. The van der Waals surface area contributed by atoms with Crippen molar-refractivity contribution in [3.8, 4) is 5.75 Å². The molecule has 0 aliphatic rings. The number of aromatic hydroxyl groups is 1. The smallest absolute Gasteiger partial charge is 0.161 e. The zero-order valence-corrected chi connectivity index (χ0v) is 8.26. The van der Waals surface area contributed by atoms with Gasteiger partial charge in [-0.1, -0.05) is 20.8 Å². The minimum atomic E-state index is -0.0204. The fraction of sp³-hybridized carbons (Fsp3) is 0.400. The van der Waals surface area contributed by atoms with Crippen molar-refractivity contribution in [2.45, 2.75) is 26.2 Å². The number of nitrogen functional groups attached to an aromatic ring is 2. The number of rotatable bonds is 0. The third kappa shape index (κ3) is 1.86. The molecule has 0 aliphatic heterocycles. The van der Waals surface area contributed by atoms with Crippen molar-refractivity contribution in [1.82, 2.24) is 0 Å². The quantitative estimate of drug-likeness (QED) is 0.421. The Morgan fingerprint density at radius 3 is 1.77 bits per heavy atom. The van der Waals surface area contributed by atoms with Crippen LogP contribution < -0.4 is 11.5 Å². The molecule has 0 saturated heterocycles. The van der Waals surface area contributed by atoms with Gasteiger partial charge in [-0.15, -0.1) is 0 Å². The molecule has 1 aromatic carbocycles. The Bertz CT molecular complexity index is 303. The van der Waals surface area contributed by atoms with Crippen molar-refractivity contribution in [3.63, 3.8) is 0 Å². The van der Waals surface area contributed by atoms with E-state index in [2.05, 4.69) is 20.8 Å². The molecule has 0 radical (unpaired) electrons. The van der Waals surface area contributed by atoms with Crippen molar-refractivity contribution in [3.05, 3.63) is 17.7 Å². The maximum atomic E-state index is 9.35. The molecule has 0 amide bonds. The van der Waals surface area contributed by atoms with E-state index in [-0.39, 0.29) is 11.2 Å². The van der Waals surface area contributed by atoms with Crippen molar-refractivity contribution in [2.24, 2.45) is 0 Å². The highest BCUT2D eigenvalue weighted by Gasteiger charge is 2.16. The second kappa shape index (κ2) is 2.83. The minimum absolute atomic E-state index is 0.00403. The van der Waals surface area contributed by atoms with Gasteiger partial charge in [0.2, 0.25) is 0 Å². The van der Waals surface area contributed by atoms with Gasteiger partial charge in [0.1, 0.15) is 0 Å². The third-order valence-electron chi connectivity index (χ3n) is 2.03. The Kier molecular flexibility index (Phi) is 2.12. The summed E-state index contributed by atoms with van der Waals surface area (Å²) in [5.74, 6) is -0.0204. The first-order chi connectivity index (χ1) is 5.82. The van der Waals surface area contributed by atoms with Gasteiger partial charge in [-0.3, -0.25) is 0 Å². The van der Waals surface area contributed by atoms with Crippen molar-refractivity contribution < 1.29 is 5.11 Å². The van der Waals surface area contributed by atoms with Gasteiger partial charge in [0.15, 0.2) is 5.75 Å². The van der Waals surface area contributed by atoms with E-state index in [1.165, 1.54) is 0 Å². The van der Waals surface area contributed by atoms with Gasteiger partial charge < -0.3 is 16.6 Å². The van der Waals surface area contributed by atoms with Crippen LogP contribution in [0, 0.1) is 0 Å². The summed E-state index contributed by atoms with van der Waals surface area (Å²) in [6, 6.07) is 3.51. The predicted molar refractivity (Wildman–Crippen MR) is 55.6 cm³/mol. The van der Waals surface area contributed by atoms with Crippen LogP contribution in [-0.4, -0.2) is 5.11 Å². The molecule has 3 heteroatoms. The summed E-state index contributed by atoms with van der Waals surface area (Å²) in [4.78, 5) is 0. The molecule has 0 aromatic heterocycles. The molecular weight excluding hydrogens is 164 g/mol. The van der Waals surface area contributed by atoms with E-state index in [9.17, 15) is 5.11 Å². The summed E-state index contributed by atoms with van der Waals surface area (Å²) in [5, 5.41) is 9.35. The first kappa shape index (κ1) is 9.71. The van der Waals surface area contributed by atoms with Crippen molar-refractivity contribution in [1.29, 1.82) is 0 Å². The van der Waals surface area contributed by atoms with Crippen LogP contribution >= 0.6 is 0 Å². The van der Waals surface area contributed by atoms with Gasteiger partial charge in [0.05, 0.1) is 11.4 Å². The molecule has 0 unspecified atom stereocenters. The Hall–Kier alpha value is -1.38. The number of hydrogen-bond acceptors (Lipinski definition) is 3. The van der Waals surface area contributed by atoms with Gasteiger partial charge >= 0.3 is 0 Å². The molecule has 13 heavy (non-hydrogen) atoms. The topological polar surface area (TPSA) is 72.3 Å². The van der Waals surface area contributed by atoms with Gasteiger partial charge in [0.25, 0.3) is 0 Å². The largest absolute Gasteiger partial charge is 0.504 e. The van der Waals surface area contributed by atoms with Crippen LogP contribution in [0.5, 0.6) is 5.75 Å². The number of nitrogens with two attached hydrogens (primary N) is 2.